The van der Waals surface area contributed by atoms with Gasteiger partial charge in [0.05, 0.1) is 4.90 Å². The van der Waals surface area contributed by atoms with Crippen LogP contribution in [0.5, 0.6) is 0 Å². The molecule has 0 aliphatic heterocycles. The summed E-state index contributed by atoms with van der Waals surface area (Å²) in [5.74, 6) is 0. The minimum Gasteiger partial charge on any atom is -0.307 e. The standard InChI is InChI=1S/C12H12N2O3S2/c1-9-2-4-10(5-3-9)13-12(15)14-19(16,17)11-6-7-18-8-11/h2-8H,1H3,(H2,13,14,15). The Labute approximate surface area is 115 Å². The van der Waals surface area contributed by atoms with Crippen molar-refractivity contribution in [2.45, 2.75) is 11.8 Å². The largest absolute Gasteiger partial charge is 0.333 e. The zero-order valence-electron chi connectivity index (χ0n) is 10.1. The van der Waals surface area contributed by atoms with Crippen molar-refractivity contribution < 1.29 is 13.2 Å². The smallest absolute Gasteiger partial charge is 0.307 e. The predicted octanol–water partition coefficient (Wildman–Crippen LogP) is 2.57. The number of hydrogen-bond acceptors (Lipinski definition) is 4. The Kier molecular flexibility index (Phi) is 3.87. The predicted molar refractivity (Wildman–Crippen MR) is 74.8 cm³/mol. The summed E-state index contributed by atoms with van der Waals surface area (Å²) in [5.41, 5.74) is 1.58. The van der Waals surface area contributed by atoms with E-state index in [4.69, 9.17) is 0 Å². The molecule has 1 heterocycles. The van der Waals surface area contributed by atoms with E-state index < -0.39 is 16.1 Å². The zero-order valence-corrected chi connectivity index (χ0v) is 11.7. The van der Waals surface area contributed by atoms with Gasteiger partial charge in [0, 0.05) is 11.1 Å². The summed E-state index contributed by atoms with van der Waals surface area (Å²) in [4.78, 5) is 11.7. The monoisotopic (exact) mass is 296 g/mol. The molecule has 2 rings (SSSR count). The van der Waals surface area contributed by atoms with Crippen LogP contribution in [0, 0.1) is 6.92 Å². The highest BCUT2D eigenvalue weighted by Crippen LogP contribution is 2.13. The number of carbonyl (C=O) groups excluding carboxylic acids is 1. The number of urea groups is 1. The summed E-state index contributed by atoms with van der Waals surface area (Å²) in [6.45, 7) is 1.92. The maximum atomic E-state index is 11.8. The lowest BCUT2D eigenvalue weighted by Crippen LogP contribution is -2.34. The lowest BCUT2D eigenvalue weighted by molar-refractivity contribution is 0.256. The highest BCUT2D eigenvalue weighted by Gasteiger charge is 2.17. The first-order valence-electron chi connectivity index (χ1n) is 5.40. The number of sulfonamides is 1. The van der Waals surface area contributed by atoms with Gasteiger partial charge in [0.25, 0.3) is 10.0 Å². The molecule has 2 amide bonds. The third kappa shape index (κ3) is 3.55. The van der Waals surface area contributed by atoms with E-state index in [1.54, 1.807) is 17.5 Å². The first kappa shape index (κ1) is 13.6. The van der Waals surface area contributed by atoms with Crippen molar-refractivity contribution >= 4 is 33.1 Å². The van der Waals surface area contributed by atoms with Gasteiger partial charge in [0.2, 0.25) is 0 Å². The fraction of sp³-hybridized carbons (Fsp3) is 0.0833. The van der Waals surface area contributed by atoms with Crippen LogP contribution in [0.15, 0.2) is 46.0 Å². The van der Waals surface area contributed by atoms with Crippen LogP contribution in [-0.2, 0) is 10.0 Å². The number of carbonyl (C=O) groups is 1. The molecule has 0 atom stereocenters. The van der Waals surface area contributed by atoms with Gasteiger partial charge in [-0.25, -0.2) is 17.9 Å². The number of rotatable bonds is 3. The zero-order chi connectivity index (χ0) is 13.9. The van der Waals surface area contributed by atoms with E-state index in [-0.39, 0.29) is 4.90 Å². The molecule has 5 nitrogen and oxygen atoms in total. The Morgan fingerprint density at radius 3 is 2.42 bits per heavy atom. The number of nitrogens with one attached hydrogen (secondary N) is 2. The molecule has 0 aliphatic carbocycles. The third-order valence-corrected chi connectivity index (χ3v) is 4.50. The van der Waals surface area contributed by atoms with Crippen LogP contribution in [0.4, 0.5) is 10.5 Å². The van der Waals surface area contributed by atoms with Crippen LogP contribution in [0.3, 0.4) is 0 Å². The molecule has 0 unspecified atom stereocenters. The molecule has 0 saturated heterocycles. The Morgan fingerprint density at radius 1 is 1.16 bits per heavy atom. The minimum absolute atomic E-state index is 0.0801. The maximum absolute atomic E-state index is 11.8. The average Bonchev–Trinajstić information content (AvgIpc) is 2.85. The van der Waals surface area contributed by atoms with Gasteiger partial charge < -0.3 is 5.32 Å². The molecular weight excluding hydrogens is 284 g/mol. The normalized spacial score (nSPS) is 11.0. The second kappa shape index (κ2) is 5.41. The summed E-state index contributed by atoms with van der Waals surface area (Å²) in [6.07, 6.45) is 0. The molecule has 0 saturated carbocycles. The van der Waals surface area contributed by atoms with Crippen molar-refractivity contribution in [1.82, 2.24) is 4.72 Å². The van der Waals surface area contributed by atoms with Crippen molar-refractivity contribution in [2.24, 2.45) is 0 Å². The molecule has 1 aromatic heterocycles. The van der Waals surface area contributed by atoms with Gasteiger partial charge in [-0.15, -0.1) is 0 Å². The number of hydrogen-bond donors (Lipinski definition) is 2. The van der Waals surface area contributed by atoms with Crippen molar-refractivity contribution in [1.29, 1.82) is 0 Å². The number of benzene rings is 1. The van der Waals surface area contributed by atoms with Crippen LogP contribution >= 0.6 is 11.3 Å². The second-order valence-corrected chi connectivity index (χ2v) is 6.35. The van der Waals surface area contributed by atoms with Crippen LogP contribution in [0.1, 0.15) is 5.56 Å². The van der Waals surface area contributed by atoms with Gasteiger partial charge in [-0.1, -0.05) is 17.7 Å². The first-order chi connectivity index (χ1) is 8.97. The lowest BCUT2D eigenvalue weighted by atomic mass is 10.2. The van der Waals surface area contributed by atoms with Gasteiger partial charge in [-0.05, 0) is 30.5 Å². The third-order valence-electron chi connectivity index (χ3n) is 2.34. The highest BCUT2D eigenvalue weighted by atomic mass is 32.2. The van der Waals surface area contributed by atoms with E-state index in [0.29, 0.717) is 5.69 Å². The number of aryl methyl sites for hydroxylation is 1. The van der Waals surface area contributed by atoms with Crippen LogP contribution in [0.25, 0.3) is 0 Å². The van der Waals surface area contributed by atoms with E-state index in [1.165, 1.54) is 22.8 Å². The molecule has 2 aromatic rings. The fourth-order valence-corrected chi connectivity index (χ4v) is 3.32. The fourth-order valence-electron chi connectivity index (χ4n) is 1.38. The molecule has 19 heavy (non-hydrogen) atoms. The van der Waals surface area contributed by atoms with E-state index in [1.807, 2.05) is 23.8 Å². The number of amides is 2. The topological polar surface area (TPSA) is 75.3 Å². The molecule has 2 N–H and O–H groups in total. The van der Waals surface area contributed by atoms with Crippen molar-refractivity contribution in [3.63, 3.8) is 0 Å². The van der Waals surface area contributed by atoms with E-state index in [0.717, 1.165) is 5.56 Å². The van der Waals surface area contributed by atoms with Gasteiger partial charge in [-0.2, -0.15) is 11.3 Å². The van der Waals surface area contributed by atoms with Gasteiger partial charge in [0.1, 0.15) is 0 Å². The van der Waals surface area contributed by atoms with E-state index >= 15 is 0 Å². The summed E-state index contributed by atoms with van der Waals surface area (Å²) in [5, 5.41) is 5.55. The first-order valence-corrected chi connectivity index (χ1v) is 7.83. The molecule has 7 heteroatoms. The highest BCUT2D eigenvalue weighted by molar-refractivity contribution is 7.90. The van der Waals surface area contributed by atoms with E-state index in [2.05, 4.69) is 5.32 Å². The molecule has 1 aromatic carbocycles. The molecule has 0 radical (unpaired) electrons. The maximum Gasteiger partial charge on any atom is 0.333 e. The van der Waals surface area contributed by atoms with Gasteiger partial charge in [0.15, 0.2) is 0 Å². The Morgan fingerprint density at radius 2 is 1.84 bits per heavy atom. The molecule has 0 fully saturated rings. The summed E-state index contributed by atoms with van der Waals surface area (Å²) < 4.78 is 25.5. The Hall–Kier alpha value is -1.86. The Balaban J connectivity index is 2.04. The molecule has 100 valence electrons. The average molecular weight is 296 g/mol. The molecule has 0 spiro atoms. The minimum atomic E-state index is -3.80. The summed E-state index contributed by atoms with van der Waals surface area (Å²) in [7, 11) is -3.80. The summed E-state index contributed by atoms with van der Waals surface area (Å²) in [6, 6.07) is 7.70. The number of thiophene rings is 1. The van der Waals surface area contributed by atoms with E-state index in [9.17, 15) is 13.2 Å². The van der Waals surface area contributed by atoms with Crippen LogP contribution < -0.4 is 10.0 Å². The van der Waals surface area contributed by atoms with Crippen LogP contribution in [-0.4, -0.2) is 14.4 Å². The summed E-state index contributed by atoms with van der Waals surface area (Å²) >= 11 is 1.25. The molecule has 0 aliphatic rings. The SMILES string of the molecule is Cc1ccc(NC(=O)NS(=O)(=O)c2ccsc2)cc1. The molecule has 0 bridgehead atoms. The van der Waals surface area contributed by atoms with Gasteiger partial charge in [-0.3, -0.25) is 0 Å². The second-order valence-electron chi connectivity index (χ2n) is 3.88. The van der Waals surface area contributed by atoms with Crippen molar-refractivity contribution in [3.05, 3.63) is 46.7 Å². The lowest BCUT2D eigenvalue weighted by Gasteiger charge is -2.07. The van der Waals surface area contributed by atoms with Crippen LogP contribution in [0.2, 0.25) is 0 Å². The van der Waals surface area contributed by atoms with Gasteiger partial charge >= 0.3 is 6.03 Å². The number of anilines is 1. The Bertz CT molecular complexity index is 662. The van der Waals surface area contributed by atoms with Crippen molar-refractivity contribution in [3.8, 4) is 0 Å². The van der Waals surface area contributed by atoms with Crippen molar-refractivity contribution in [2.75, 3.05) is 5.32 Å². The quantitative estimate of drug-likeness (QED) is 0.914. The molecular formula is C12H12N2O3S2.